The summed E-state index contributed by atoms with van der Waals surface area (Å²) >= 11 is 0. The Morgan fingerprint density at radius 3 is 2.86 bits per heavy atom. The average Bonchev–Trinajstić information content (AvgIpc) is 2.73. The van der Waals surface area contributed by atoms with Crippen LogP contribution < -0.4 is 5.32 Å². The molecule has 0 aliphatic carbocycles. The topological polar surface area (TPSA) is 71.5 Å². The standard InChI is InChI=1S/C22H26FN3O3/c1-3-9-29-19-5-4-8-26(14-19)22(28)16-7-6-15(2)20(11-16)25-21(27)17-10-18(23)13-24-12-17/h6-7,10-13,19H,3-5,8-9,14H2,1-2H3,(H,25,27). The Kier molecular flexibility index (Phi) is 6.93. The average molecular weight is 399 g/mol. The molecule has 0 saturated carbocycles. The van der Waals surface area contributed by atoms with Crippen molar-refractivity contribution in [2.24, 2.45) is 0 Å². The van der Waals surface area contributed by atoms with Gasteiger partial charge in [0, 0.05) is 37.1 Å². The second-order valence-corrected chi connectivity index (χ2v) is 7.26. The third-order valence-electron chi connectivity index (χ3n) is 4.92. The number of nitrogens with zero attached hydrogens (tertiary/aromatic N) is 2. The largest absolute Gasteiger partial charge is 0.376 e. The number of amides is 2. The summed E-state index contributed by atoms with van der Waals surface area (Å²) in [5, 5.41) is 2.75. The molecule has 2 amide bonds. The Balaban J connectivity index is 1.72. The molecule has 0 radical (unpaired) electrons. The van der Waals surface area contributed by atoms with Gasteiger partial charge in [-0.05, 0) is 49.9 Å². The van der Waals surface area contributed by atoms with Gasteiger partial charge in [-0.3, -0.25) is 14.6 Å². The Morgan fingerprint density at radius 2 is 2.10 bits per heavy atom. The van der Waals surface area contributed by atoms with Crippen molar-refractivity contribution in [2.45, 2.75) is 39.2 Å². The fourth-order valence-electron chi connectivity index (χ4n) is 3.35. The highest BCUT2D eigenvalue weighted by Crippen LogP contribution is 2.21. The zero-order valence-corrected chi connectivity index (χ0v) is 16.8. The molecule has 0 spiro atoms. The van der Waals surface area contributed by atoms with E-state index < -0.39 is 11.7 Å². The van der Waals surface area contributed by atoms with Crippen LogP contribution in [-0.2, 0) is 4.74 Å². The van der Waals surface area contributed by atoms with Gasteiger partial charge in [-0.15, -0.1) is 0 Å². The van der Waals surface area contributed by atoms with Gasteiger partial charge in [-0.2, -0.15) is 0 Å². The number of rotatable bonds is 6. The zero-order valence-electron chi connectivity index (χ0n) is 16.8. The molecule has 3 rings (SSSR count). The monoisotopic (exact) mass is 399 g/mol. The number of ether oxygens (including phenoxy) is 1. The summed E-state index contributed by atoms with van der Waals surface area (Å²) in [7, 11) is 0. The van der Waals surface area contributed by atoms with Crippen molar-refractivity contribution in [2.75, 3.05) is 25.0 Å². The lowest BCUT2D eigenvalue weighted by Crippen LogP contribution is -2.43. The summed E-state index contributed by atoms with van der Waals surface area (Å²) in [6, 6.07) is 6.34. The Bertz CT molecular complexity index is 887. The zero-order chi connectivity index (χ0) is 20.8. The Labute approximate surface area is 170 Å². The van der Waals surface area contributed by atoms with Gasteiger partial charge in [-0.25, -0.2) is 4.39 Å². The first kappa shape index (κ1) is 20.9. The van der Waals surface area contributed by atoms with Gasteiger partial charge in [0.1, 0.15) is 5.82 Å². The fourth-order valence-corrected chi connectivity index (χ4v) is 3.35. The number of likely N-dealkylation sites (tertiary alicyclic amines) is 1. The maximum atomic E-state index is 13.3. The highest BCUT2D eigenvalue weighted by atomic mass is 19.1. The van der Waals surface area contributed by atoms with Crippen molar-refractivity contribution in [3.05, 3.63) is 59.2 Å². The number of hydrogen-bond donors (Lipinski definition) is 1. The van der Waals surface area contributed by atoms with Gasteiger partial charge in [0.05, 0.1) is 17.9 Å². The van der Waals surface area contributed by atoms with E-state index in [1.54, 1.807) is 23.1 Å². The van der Waals surface area contributed by atoms with Gasteiger partial charge in [0.15, 0.2) is 0 Å². The van der Waals surface area contributed by atoms with E-state index in [-0.39, 0.29) is 17.6 Å². The number of pyridine rings is 1. The predicted octanol–water partition coefficient (Wildman–Crippen LogP) is 3.81. The quantitative estimate of drug-likeness (QED) is 0.802. The van der Waals surface area contributed by atoms with Gasteiger partial charge in [0.25, 0.3) is 11.8 Å². The number of carbonyl (C=O) groups excluding carboxylic acids is 2. The molecule has 1 aliphatic heterocycles. The summed E-state index contributed by atoms with van der Waals surface area (Å²) < 4.78 is 19.1. The minimum Gasteiger partial charge on any atom is -0.376 e. The summed E-state index contributed by atoms with van der Waals surface area (Å²) in [5.74, 6) is -1.14. The van der Waals surface area contributed by atoms with E-state index in [1.807, 2.05) is 6.92 Å². The summed E-state index contributed by atoms with van der Waals surface area (Å²) in [6.07, 6.45) is 5.22. The number of halogens is 1. The minimum absolute atomic E-state index is 0.0674. The van der Waals surface area contributed by atoms with Crippen LogP contribution in [0.3, 0.4) is 0 Å². The van der Waals surface area contributed by atoms with Crippen molar-refractivity contribution in [1.29, 1.82) is 0 Å². The third kappa shape index (κ3) is 5.38. The van der Waals surface area contributed by atoms with Crippen LogP contribution in [0.25, 0.3) is 0 Å². The van der Waals surface area contributed by atoms with E-state index in [9.17, 15) is 14.0 Å². The molecule has 1 N–H and O–H groups in total. The lowest BCUT2D eigenvalue weighted by molar-refractivity contribution is 0.00211. The first-order chi connectivity index (χ1) is 14.0. The smallest absolute Gasteiger partial charge is 0.257 e. The van der Waals surface area contributed by atoms with Crippen LogP contribution in [0.5, 0.6) is 0 Å². The fraction of sp³-hybridized carbons (Fsp3) is 0.409. The number of anilines is 1. The number of piperidine rings is 1. The maximum absolute atomic E-state index is 13.3. The van der Waals surface area contributed by atoms with Crippen molar-refractivity contribution in [3.63, 3.8) is 0 Å². The molecule has 2 aromatic rings. The van der Waals surface area contributed by atoms with Crippen molar-refractivity contribution in [1.82, 2.24) is 9.88 Å². The van der Waals surface area contributed by atoms with Crippen LogP contribution in [0.2, 0.25) is 0 Å². The van der Waals surface area contributed by atoms with Crippen LogP contribution in [0, 0.1) is 12.7 Å². The lowest BCUT2D eigenvalue weighted by Gasteiger charge is -2.32. The Morgan fingerprint density at radius 1 is 1.28 bits per heavy atom. The SMILES string of the molecule is CCCOC1CCCN(C(=O)c2ccc(C)c(NC(=O)c3cncc(F)c3)c2)C1. The van der Waals surface area contributed by atoms with E-state index in [1.165, 1.54) is 6.20 Å². The van der Waals surface area contributed by atoms with Crippen LogP contribution in [-0.4, -0.2) is 47.5 Å². The van der Waals surface area contributed by atoms with Gasteiger partial charge in [0.2, 0.25) is 0 Å². The number of hydrogen-bond acceptors (Lipinski definition) is 4. The predicted molar refractivity (Wildman–Crippen MR) is 108 cm³/mol. The molecular weight excluding hydrogens is 373 g/mol. The Hall–Kier alpha value is -2.80. The van der Waals surface area contributed by atoms with E-state index in [0.29, 0.717) is 30.9 Å². The van der Waals surface area contributed by atoms with Crippen molar-refractivity contribution >= 4 is 17.5 Å². The van der Waals surface area contributed by atoms with E-state index in [2.05, 4.69) is 17.2 Å². The van der Waals surface area contributed by atoms with Gasteiger partial charge >= 0.3 is 0 Å². The maximum Gasteiger partial charge on any atom is 0.257 e. The number of aryl methyl sites for hydroxylation is 1. The molecular formula is C22H26FN3O3. The number of benzene rings is 1. The molecule has 1 aromatic carbocycles. The van der Waals surface area contributed by atoms with Crippen LogP contribution in [0.4, 0.5) is 10.1 Å². The van der Waals surface area contributed by atoms with E-state index in [4.69, 9.17) is 4.74 Å². The van der Waals surface area contributed by atoms with Crippen LogP contribution in [0.1, 0.15) is 52.5 Å². The van der Waals surface area contributed by atoms with Crippen LogP contribution >= 0.6 is 0 Å². The lowest BCUT2D eigenvalue weighted by atomic mass is 10.0. The molecule has 154 valence electrons. The molecule has 1 saturated heterocycles. The molecule has 1 fully saturated rings. The molecule has 0 bridgehead atoms. The summed E-state index contributed by atoms with van der Waals surface area (Å²) in [5.41, 5.74) is 1.94. The number of aromatic nitrogens is 1. The van der Waals surface area contributed by atoms with Crippen molar-refractivity contribution < 1.29 is 18.7 Å². The minimum atomic E-state index is -0.580. The highest BCUT2D eigenvalue weighted by Gasteiger charge is 2.25. The second-order valence-electron chi connectivity index (χ2n) is 7.26. The van der Waals surface area contributed by atoms with E-state index in [0.717, 1.165) is 37.1 Å². The molecule has 1 unspecified atom stereocenters. The first-order valence-electron chi connectivity index (χ1n) is 9.91. The van der Waals surface area contributed by atoms with Crippen LogP contribution in [0.15, 0.2) is 36.7 Å². The second kappa shape index (κ2) is 9.60. The van der Waals surface area contributed by atoms with Gasteiger partial charge < -0.3 is 15.0 Å². The first-order valence-corrected chi connectivity index (χ1v) is 9.91. The summed E-state index contributed by atoms with van der Waals surface area (Å²) in [4.78, 5) is 30.9. The van der Waals surface area contributed by atoms with E-state index >= 15 is 0 Å². The van der Waals surface area contributed by atoms with Gasteiger partial charge in [-0.1, -0.05) is 13.0 Å². The normalized spacial score (nSPS) is 16.5. The highest BCUT2D eigenvalue weighted by molar-refractivity contribution is 6.05. The molecule has 1 aliphatic rings. The third-order valence-corrected chi connectivity index (χ3v) is 4.92. The van der Waals surface area contributed by atoms with Crippen molar-refractivity contribution in [3.8, 4) is 0 Å². The molecule has 6 nitrogen and oxygen atoms in total. The molecule has 7 heteroatoms. The molecule has 1 atom stereocenters. The number of carbonyl (C=O) groups is 2. The summed E-state index contributed by atoms with van der Waals surface area (Å²) in [6.45, 7) is 5.86. The molecule has 2 heterocycles. The molecule has 29 heavy (non-hydrogen) atoms. The molecule has 1 aromatic heterocycles. The number of nitrogens with one attached hydrogen (secondary N) is 1.